The first-order valence-corrected chi connectivity index (χ1v) is 6.41. The van der Waals surface area contributed by atoms with Crippen LogP contribution in [0.25, 0.3) is 22.4 Å². The summed E-state index contributed by atoms with van der Waals surface area (Å²) in [5.41, 5.74) is 2.74. The number of aryl methyl sites for hydroxylation is 1. The van der Waals surface area contributed by atoms with E-state index >= 15 is 0 Å². The summed E-state index contributed by atoms with van der Waals surface area (Å²) < 4.78 is 0. The highest BCUT2D eigenvalue weighted by atomic mass is 16.6. The molecule has 1 aromatic heterocycles. The maximum absolute atomic E-state index is 11.1. The molecule has 0 bridgehead atoms. The number of rotatable bonds is 2. The molecule has 6 nitrogen and oxygen atoms in total. The fourth-order valence-corrected chi connectivity index (χ4v) is 2.44. The number of imidazole rings is 1. The Labute approximate surface area is 120 Å². The summed E-state index contributed by atoms with van der Waals surface area (Å²) >= 11 is 0. The largest absolute Gasteiger partial charge is 0.507 e. The van der Waals surface area contributed by atoms with Gasteiger partial charge in [0.15, 0.2) is 0 Å². The molecule has 0 atom stereocenters. The van der Waals surface area contributed by atoms with Crippen molar-refractivity contribution in [3.63, 3.8) is 0 Å². The van der Waals surface area contributed by atoms with Gasteiger partial charge in [0, 0.05) is 11.6 Å². The minimum absolute atomic E-state index is 0.0113. The molecule has 0 amide bonds. The van der Waals surface area contributed by atoms with Crippen molar-refractivity contribution >= 4 is 16.7 Å². The Hall–Kier alpha value is -2.89. The Morgan fingerprint density at radius 1 is 1.29 bits per heavy atom. The van der Waals surface area contributed by atoms with Gasteiger partial charge < -0.3 is 10.1 Å². The minimum Gasteiger partial charge on any atom is -0.507 e. The highest BCUT2D eigenvalue weighted by Gasteiger charge is 2.22. The number of phenolic OH excluding ortho intramolecular Hbond substituents is 1. The summed E-state index contributed by atoms with van der Waals surface area (Å²) in [6, 6.07) is 8.80. The van der Waals surface area contributed by atoms with Gasteiger partial charge in [-0.1, -0.05) is 12.1 Å². The molecule has 3 aromatic rings. The molecule has 0 unspecified atom stereocenters. The predicted molar refractivity (Wildman–Crippen MR) is 79.3 cm³/mol. The van der Waals surface area contributed by atoms with Gasteiger partial charge in [0.05, 0.1) is 21.5 Å². The number of nitrogens with one attached hydrogen (secondary N) is 1. The molecule has 2 N–H and O–H groups in total. The first kappa shape index (κ1) is 13.1. The molecule has 0 aliphatic rings. The number of H-pyrrole nitrogens is 1. The van der Waals surface area contributed by atoms with Gasteiger partial charge in [0.1, 0.15) is 11.6 Å². The van der Waals surface area contributed by atoms with Crippen molar-refractivity contribution in [2.75, 3.05) is 0 Å². The van der Waals surface area contributed by atoms with Gasteiger partial charge in [0.25, 0.3) is 5.69 Å². The predicted octanol–water partition coefficient (Wildman–Crippen LogP) is 3.46. The van der Waals surface area contributed by atoms with Gasteiger partial charge in [-0.05, 0) is 31.5 Å². The van der Waals surface area contributed by atoms with Crippen molar-refractivity contribution in [3.8, 4) is 17.1 Å². The van der Waals surface area contributed by atoms with E-state index in [0.29, 0.717) is 22.5 Å². The van der Waals surface area contributed by atoms with Crippen molar-refractivity contribution in [3.05, 3.63) is 51.6 Å². The Bertz CT molecular complexity index is 835. The molecule has 3 rings (SSSR count). The molecule has 1 heterocycles. The number of benzene rings is 2. The number of nitro benzene ring substituents is 1. The van der Waals surface area contributed by atoms with Crippen LogP contribution in [0.2, 0.25) is 0 Å². The van der Waals surface area contributed by atoms with Gasteiger partial charge in [-0.2, -0.15) is 0 Å². The number of aromatic amines is 1. The number of hydrogen-bond donors (Lipinski definition) is 2. The fraction of sp³-hybridized carbons (Fsp3) is 0.133. The van der Waals surface area contributed by atoms with E-state index in [1.165, 1.54) is 6.07 Å². The molecule has 0 fully saturated rings. The lowest BCUT2D eigenvalue weighted by Gasteiger charge is -2.09. The summed E-state index contributed by atoms with van der Waals surface area (Å²) in [5, 5.41) is 21.4. The average molecular weight is 283 g/mol. The molecule has 0 radical (unpaired) electrons. The second-order valence-corrected chi connectivity index (χ2v) is 4.92. The third-order valence-corrected chi connectivity index (χ3v) is 3.55. The van der Waals surface area contributed by atoms with Crippen molar-refractivity contribution in [2.45, 2.75) is 13.8 Å². The van der Waals surface area contributed by atoms with E-state index in [2.05, 4.69) is 9.97 Å². The van der Waals surface area contributed by atoms with Crippen molar-refractivity contribution in [1.29, 1.82) is 0 Å². The summed E-state index contributed by atoms with van der Waals surface area (Å²) in [6.07, 6.45) is 0. The number of nitro groups is 1. The lowest BCUT2D eigenvalue weighted by molar-refractivity contribution is -0.385. The van der Waals surface area contributed by atoms with E-state index in [1.54, 1.807) is 13.8 Å². The number of aromatic nitrogens is 2. The van der Waals surface area contributed by atoms with Crippen molar-refractivity contribution in [1.82, 2.24) is 9.97 Å². The number of nitrogens with zero attached hydrogens (tertiary/aromatic N) is 2. The lowest BCUT2D eigenvalue weighted by atomic mass is 10.0. The number of phenols is 1. The second-order valence-electron chi connectivity index (χ2n) is 4.92. The first-order valence-electron chi connectivity index (χ1n) is 6.41. The maximum Gasteiger partial charge on any atom is 0.273 e. The van der Waals surface area contributed by atoms with Crippen LogP contribution in [-0.4, -0.2) is 20.0 Å². The van der Waals surface area contributed by atoms with E-state index in [1.807, 2.05) is 24.3 Å². The van der Waals surface area contributed by atoms with Gasteiger partial charge in [-0.15, -0.1) is 0 Å². The van der Waals surface area contributed by atoms with Crippen LogP contribution in [0.3, 0.4) is 0 Å². The third kappa shape index (κ3) is 2.01. The number of hydrogen-bond acceptors (Lipinski definition) is 4. The molecule has 6 heteroatoms. The van der Waals surface area contributed by atoms with Crippen LogP contribution in [0, 0.1) is 24.0 Å². The average Bonchev–Trinajstić information content (AvgIpc) is 2.86. The quantitative estimate of drug-likeness (QED) is 0.556. The molecule has 0 spiro atoms. The molecule has 0 saturated heterocycles. The third-order valence-electron chi connectivity index (χ3n) is 3.55. The molecule has 21 heavy (non-hydrogen) atoms. The first-order chi connectivity index (χ1) is 9.99. The zero-order valence-electron chi connectivity index (χ0n) is 11.5. The van der Waals surface area contributed by atoms with Gasteiger partial charge in [0.2, 0.25) is 0 Å². The van der Waals surface area contributed by atoms with Gasteiger partial charge in [-0.3, -0.25) is 10.1 Å². The van der Waals surface area contributed by atoms with Crippen LogP contribution in [0.4, 0.5) is 5.69 Å². The molecule has 0 saturated carbocycles. The van der Waals surface area contributed by atoms with E-state index in [9.17, 15) is 15.2 Å². The van der Waals surface area contributed by atoms with E-state index in [4.69, 9.17) is 0 Å². The Kier molecular flexibility index (Phi) is 2.86. The molecule has 0 aliphatic carbocycles. The highest BCUT2D eigenvalue weighted by Crippen LogP contribution is 2.39. The van der Waals surface area contributed by atoms with Crippen molar-refractivity contribution in [2.24, 2.45) is 0 Å². The second kappa shape index (κ2) is 4.59. The molecular weight excluding hydrogens is 270 g/mol. The molecule has 0 aliphatic heterocycles. The number of aromatic hydroxyl groups is 1. The summed E-state index contributed by atoms with van der Waals surface area (Å²) in [5.74, 6) is 0.440. The standard InChI is InChI=1S/C15H13N3O3/c1-8-7-12(18(20)21)9(2)13(14(8)19)15-16-10-5-3-4-6-11(10)17-15/h3-7,19H,1-2H3,(H,16,17). The Balaban J connectivity index is 2.33. The van der Waals surface area contributed by atoms with Gasteiger partial charge in [-0.25, -0.2) is 4.98 Å². The highest BCUT2D eigenvalue weighted by molar-refractivity contribution is 5.83. The lowest BCUT2D eigenvalue weighted by Crippen LogP contribution is -1.97. The van der Waals surface area contributed by atoms with Crippen LogP contribution in [0.1, 0.15) is 11.1 Å². The summed E-state index contributed by atoms with van der Waals surface area (Å²) in [7, 11) is 0. The van der Waals surface area contributed by atoms with E-state index in [-0.39, 0.29) is 11.4 Å². The zero-order valence-corrected chi connectivity index (χ0v) is 11.5. The normalized spacial score (nSPS) is 11.0. The van der Waals surface area contributed by atoms with Crippen molar-refractivity contribution < 1.29 is 10.0 Å². The fourth-order valence-electron chi connectivity index (χ4n) is 2.44. The molecule has 2 aromatic carbocycles. The van der Waals surface area contributed by atoms with Crippen LogP contribution in [0.15, 0.2) is 30.3 Å². The van der Waals surface area contributed by atoms with Crippen LogP contribution < -0.4 is 0 Å². The smallest absolute Gasteiger partial charge is 0.273 e. The number of para-hydroxylation sites is 2. The monoisotopic (exact) mass is 283 g/mol. The minimum atomic E-state index is -0.450. The molecule has 106 valence electrons. The zero-order chi connectivity index (χ0) is 15.1. The summed E-state index contributed by atoms with van der Waals surface area (Å²) in [4.78, 5) is 18.2. The SMILES string of the molecule is Cc1cc([N+](=O)[O-])c(C)c(-c2nc3ccccc3[nH]2)c1O. The van der Waals surface area contributed by atoms with E-state index < -0.39 is 4.92 Å². The topological polar surface area (TPSA) is 92.0 Å². The Morgan fingerprint density at radius 3 is 2.67 bits per heavy atom. The maximum atomic E-state index is 11.1. The summed E-state index contributed by atoms with van der Waals surface area (Å²) in [6.45, 7) is 3.24. The van der Waals surface area contributed by atoms with Crippen LogP contribution in [-0.2, 0) is 0 Å². The van der Waals surface area contributed by atoms with Crippen LogP contribution >= 0.6 is 0 Å². The Morgan fingerprint density at radius 2 is 2.00 bits per heavy atom. The number of fused-ring (bicyclic) bond motifs is 1. The van der Waals surface area contributed by atoms with Crippen LogP contribution in [0.5, 0.6) is 5.75 Å². The van der Waals surface area contributed by atoms with E-state index in [0.717, 1.165) is 11.0 Å². The molecular formula is C15H13N3O3. The van der Waals surface area contributed by atoms with Gasteiger partial charge >= 0.3 is 0 Å².